The standard InChI is InChI=1S/C15H15ClN6/c16-11-3-1-10(2-4-11)7-22-8-15(20-9-22)14-5-13(21-18)12(17)6-19-14/h1-6,8-9H,7,17-18H2,(H,19,21). The van der Waals surface area contributed by atoms with E-state index in [9.17, 15) is 0 Å². The fourth-order valence-corrected chi connectivity index (χ4v) is 2.24. The fraction of sp³-hybridized carbons (Fsp3) is 0.0667. The van der Waals surface area contributed by atoms with Crippen LogP contribution in [0.25, 0.3) is 11.4 Å². The van der Waals surface area contributed by atoms with Crippen LogP contribution in [0.1, 0.15) is 5.56 Å². The molecule has 2 aromatic heterocycles. The van der Waals surface area contributed by atoms with Crippen LogP contribution in [0.3, 0.4) is 0 Å². The molecule has 0 fully saturated rings. The van der Waals surface area contributed by atoms with Crippen LogP contribution in [0.4, 0.5) is 11.4 Å². The Kier molecular flexibility index (Phi) is 3.95. The fourth-order valence-electron chi connectivity index (χ4n) is 2.11. The summed E-state index contributed by atoms with van der Waals surface area (Å²) in [6.45, 7) is 0.709. The third-order valence-corrected chi connectivity index (χ3v) is 3.52. The van der Waals surface area contributed by atoms with Crippen molar-refractivity contribution in [2.24, 2.45) is 5.84 Å². The summed E-state index contributed by atoms with van der Waals surface area (Å²) in [7, 11) is 0. The number of benzene rings is 1. The van der Waals surface area contributed by atoms with Crippen molar-refractivity contribution in [1.29, 1.82) is 0 Å². The van der Waals surface area contributed by atoms with Crippen molar-refractivity contribution in [2.45, 2.75) is 6.54 Å². The van der Waals surface area contributed by atoms with Crippen molar-refractivity contribution < 1.29 is 0 Å². The molecular formula is C15H15ClN6. The van der Waals surface area contributed by atoms with Crippen LogP contribution >= 0.6 is 11.6 Å². The highest BCUT2D eigenvalue weighted by molar-refractivity contribution is 6.30. The Bertz CT molecular complexity index is 781. The van der Waals surface area contributed by atoms with Gasteiger partial charge in [0, 0.05) is 17.8 Å². The SMILES string of the molecule is NNc1cc(-c2cn(Cc3ccc(Cl)cc3)cn2)ncc1N. The summed E-state index contributed by atoms with van der Waals surface area (Å²) in [4.78, 5) is 8.65. The van der Waals surface area contributed by atoms with Gasteiger partial charge in [-0.3, -0.25) is 10.8 Å². The molecule has 0 aliphatic rings. The maximum Gasteiger partial charge on any atom is 0.107 e. The van der Waals surface area contributed by atoms with Gasteiger partial charge in [-0.1, -0.05) is 23.7 Å². The van der Waals surface area contributed by atoms with Gasteiger partial charge >= 0.3 is 0 Å². The second-order valence-corrected chi connectivity index (χ2v) is 5.30. The number of rotatable bonds is 4. The number of nitrogens with two attached hydrogens (primary N) is 2. The molecule has 112 valence electrons. The monoisotopic (exact) mass is 314 g/mol. The van der Waals surface area contributed by atoms with Gasteiger partial charge in [0.15, 0.2) is 0 Å². The molecule has 1 aromatic carbocycles. The Balaban J connectivity index is 1.83. The first-order chi connectivity index (χ1) is 10.7. The lowest BCUT2D eigenvalue weighted by molar-refractivity contribution is 0.797. The van der Waals surface area contributed by atoms with Crippen molar-refractivity contribution in [1.82, 2.24) is 14.5 Å². The van der Waals surface area contributed by atoms with Gasteiger partial charge in [-0.25, -0.2) is 4.98 Å². The number of aromatic nitrogens is 3. The number of imidazole rings is 1. The van der Waals surface area contributed by atoms with Gasteiger partial charge in [0.25, 0.3) is 0 Å². The normalized spacial score (nSPS) is 10.6. The maximum absolute atomic E-state index is 5.89. The minimum Gasteiger partial charge on any atom is -0.396 e. The number of hydrogen-bond acceptors (Lipinski definition) is 5. The van der Waals surface area contributed by atoms with Gasteiger partial charge in [-0.15, -0.1) is 0 Å². The summed E-state index contributed by atoms with van der Waals surface area (Å²) in [5, 5.41) is 0.725. The summed E-state index contributed by atoms with van der Waals surface area (Å²) in [6, 6.07) is 9.48. The van der Waals surface area contributed by atoms with E-state index in [4.69, 9.17) is 23.2 Å². The van der Waals surface area contributed by atoms with Crippen LogP contribution in [0, 0.1) is 0 Å². The van der Waals surface area contributed by atoms with Crippen LogP contribution in [0.15, 0.2) is 49.1 Å². The van der Waals surface area contributed by atoms with Crippen molar-refractivity contribution in [3.05, 3.63) is 59.6 Å². The van der Waals surface area contributed by atoms with E-state index in [1.807, 2.05) is 35.0 Å². The van der Waals surface area contributed by atoms with Gasteiger partial charge in [-0.05, 0) is 23.8 Å². The smallest absolute Gasteiger partial charge is 0.107 e. The average Bonchev–Trinajstić information content (AvgIpc) is 2.98. The number of hydrogen-bond donors (Lipinski definition) is 3. The lowest BCUT2D eigenvalue weighted by Crippen LogP contribution is -2.09. The summed E-state index contributed by atoms with van der Waals surface area (Å²) < 4.78 is 1.98. The molecule has 7 heteroatoms. The van der Waals surface area contributed by atoms with Gasteiger partial charge in [0.05, 0.1) is 29.6 Å². The molecule has 0 saturated heterocycles. The summed E-state index contributed by atoms with van der Waals surface area (Å²) in [5.74, 6) is 5.42. The number of nitrogens with zero attached hydrogens (tertiary/aromatic N) is 3. The van der Waals surface area contributed by atoms with E-state index in [1.165, 1.54) is 0 Å². The van der Waals surface area contributed by atoms with E-state index in [2.05, 4.69) is 15.4 Å². The van der Waals surface area contributed by atoms with Crippen molar-refractivity contribution in [3.8, 4) is 11.4 Å². The van der Waals surface area contributed by atoms with E-state index in [0.717, 1.165) is 16.3 Å². The Morgan fingerprint density at radius 2 is 1.91 bits per heavy atom. The number of pyridine rings is 1. The molecule has 0 unspecified atom stereocenters. The Hall–Kier alpha value is -2.57. The van der Waals surface area contributed by atoms with Crippen LogP contribution in [0.5, 0.6) is 0 Å². The molecule has 2 heterocycles. The number of nitrogen functional groups attached to an aromatic ring is 2. The first-order valence-corrected chi connectivity index (χ1v) is 7.02. The molecule has 0 radical (unpaired) electrons. The lowest BCUT2D eigenvalue weighted by atomic mass is 10.2. The molecule has 3 rings (SSSR count). The molecule has 0 atom stereocenters. The van der Waals surface area contributed by atoms with E-state index in [-0.39, 0.29) is 0 Å². The van der Waals surface area contributed by atoms with Gasteiger partial charge in [-0.2, -0.15) is 0 Å². The van der Waals surface area contributed by atoms with E-state index < -0.39 is 0 Å². The zero-order chi connectivity index (χ0) is 15.5. The molecule has 0 spiro atoms. The Morgan fingerprint density at radius 3 is 2.64 bits per heavy atom. The Morgan fingerprint density at radius 1 is 1.14 bits per heavy atom. The molecule has 0 bridgehead atoms. The summed E-state index contributed by atoms with van der Waals surface area (Å²) in [5.41, 5.74) is 12.0. The van der Waals surface area contributed by atoms with E-state index in [1.54, 1.807) is 18.6 Å². The van der Waals surface area contributed by atoms with Crippen molar-refractivity contribution in [2.75, 3.05) is 11.2 Å². The molecule has 0 saturated carbocycles. The van der Waals surface area contributed by atoms with Crippen LogP contribution in [-0.2, 0) is 6.54 Å². The predicted octanol–water partition coefficient (Wildman–Crippen LogP) is 2.51. The predicted molar refractivity (Wildman–Crippen MR) is 88.2 cm³/mol. The lowest BCUT2D eigenvalue weighted by Gasteiger charge is -2.05. The first-order valence-electron chi connectivity index (χ1n) is 6.64. The van der Waals surface area contributed by atoms with E-state index >= 15 is 0 Å². The molecule has 6 nitrogen and oxygen atoms in total. The molecule has 3 aromatic rings. The number of nitrogens with one attached hydrogen (secondary N) is 1. The minimum absolute atomic E-state index is 0.492. The van der Waals surface area contributed by atoms with Gasteiger partial charge in [0.2, 0.25) is 0 Å². The maximum atomic E-state index is 5.89. The largest absolute Gasteiger partial charge is 0.396 e. The first kappa shape index (κ1) is 14.4. The molecule has 0 aliphatic heterocycles. The topological polar surface area (TPSA) is 94.8 Å². The van der Waals surface area contributed by atoms with Crippen LogP contribution < -0.4 is 17.0 Å². The van der Waals surface area contributed by atoms with Crippen LogP contribution in [-0.4, -0.2) is 14.5 Å². The summed E-state index contributed by atoms with van der Waals surface area (Å²) in [6.07, 6.45) is 5.24. The number of halogens is 1. The van der Waals surface area contributed by atoms with Gasteiger partial charge in [0.1, 0.15) is 5.69 Å². The van der Waals surface area contributed by atoms with E-state index in [0.29, 0.717) is 23.6 Å². The molecule has 5 N–H and O–H groups in total. The zero-order valence-electron chi connectivity index (χ0n) is 11.7. The highest BCUT2D eigenvalue weighted by Gasteiger charge is 2.07. The number of anilines is 2. The summed E-state index contributed by atoms with van der Waals surface area (Å²) >= 11 is 5.89. The third kappa shape index (κ3) is 3.03. The quantitative estimate of drug-likeness (QED) is 0.508. The molecular weight excluding hydrogens is 300 g/mol. The highest BCUT2D eigenvalue weighted by Crippen LogP contribution is 2.23. The third-order valence-electron chi connectivity index (χ3n) is 3.26. The highest BCUT2D eigenvalue weighted by atomic mass is 35.5. The molecule has 0 amide bonds. The minimum atomic E-state index is 0.492. The second kappa shape index (κ2) is 6.05. The van der Waals surface area contributed by atoms with Crippen molar-refractivity contribution in [3.63, 3.8) is 0 Å². The molecule has 0 aliphatic carbocycles. The second-order valence-electron chi connectivity index (χ2n) is 4.86. The van der Waals surface area contributed by atoms with Gasteiger partial charge < -0.3 is 15.7 Å². The Labute approximate surface area is 132 Å². The van der Waals surface area contributed by atoms with Crippen LogP contribution in [0.2, 0.25) is 5.02 Å². The van der Waals surface area contributed by atoms with Crippen molar-refractivity contribution >= 4 is 23.0 Å². The number of hydrazine groups is 1. The zero-order valence-corrected chi connectivity index (χ0v) is 12.5. The average molecular weight is 315 g/mol. The molecule has 22 heavy (non-hydrogen) atoms.